The molecular weight excluding hydrogens is 380 g/mol. The van der Waals surface area contributed by atoms with Gasteiger partial charge in [0.15, 0.2) is 0 Å². The van der Waals surface area contributed by atoms with Crippen LogP contribution in [0.1, 0.15) is 38.8 Å². The van der Waals surface area contributed by atoms with Gasteiger partial charge in [0.25, 0.3) is 0 Å². The van der Waals surface area contributed by atoms with Gasteiger partial charge in [0.2, 0.25) is 0 Å². The maximum absolute atomic E-state index is 14.3. The van der Waals surface area contributed by atoms with E-state index < -0.39 is 30.1 Å². The van der Waals surface area contributed by atoms with Crippen LogP contribution in [0.25, 0.3) is 11.0 Å². The van der Waals surface area contributed by atoms with E-state index in [0.29, 0.717) is 11.3 Å². The van der Waals surface area contributed by atoms with Gasteiger partial charge in [0, 0.05) is 5.47 Å². The predicted octanol–water partition coefficient (Wildman–Crippen LogP) is 5.80. The molecule has 154 valence electrons. The summed E-state index contributed by atoms with van der Waals surface area (Å²) in [4.78, 5) is 0. The number of ether oxygens (including phenoxy) is 1. The van der Waals surface area contributed by atoms with Crippen molar-refractivity contribution in [3.8, 4) is 5.75 Å². The summed E-state index contributed by atoms with van der Waals surface area (Å²) in [6.07, 6.45) is -4.61. The summed E-state index contributed by atoms with van der Waals surface area (Å²) in [5.41, 5.74) is -1.96. The van der Waals surface area contributed by atoms with Gasteiger partial charge >= 0.3 is 13.3 Å². The zero-order valence-electron chi connectivity index (χ0n) is 17.1. The Bertz CT molecular complexity index is 872. The number of hydrogen-bond acceptors (Lipinski definition) is 3. The minimum Gasteiger partial charge on any atom is -0.497 e. The molecule has 1 aliphatic heterocycles. The van der Waals surface area contributed by atoms with Crippen LogP contribution in [0.4, 0.5) is 13.2 Å². The number of alkyl halides is 3. The second-order valence-corrected chi connectivity index (χ2v) is 7.97. The third-order valence-electron chi connectivity index (χ3n) is 5.51. The molecule has 2 aromatic carbocycles. The Hall–Kier alpha value is -2.25. The van der Waals surface area contributed by atoms with E-state index in [2.05, 4.69) is 0 Å². The van der Waals surface area contributed by atoms with Gasteiger partial charge in [-0.15, -0.1) is 0 Å². The van der Waals surface area contributed by atoms with Crippen molar-refractivity contribution in [2.75, 3.05) is 7.11 Å². The number of halogens is 3. The van der Waals surface area contributed by atoms with Crippen LogP contribution < -0.4 is 4.74 Å². The number of hydrogen-bond donors (Lipinski definition) is 0. The van der Waals surface area contributed by atoms with Gasteiger partial charge in [-0.25, -0.2) is 0 Å². The average molecular weight is 404 g/mol. The van der Waals surface area contributed by atoms with Crippen molar-refractivity contribution in [2.45, 2.75) is 45.1 Å². The smallest absolute Gasteiger partial charge is 0.496 e. The van der Waals surface area contributed by atoms with E-state index >= 15 is 0 Å². The molecule has 0 radical (unpaired) electrons. The first-order valence-corrected chi connectivity index (χ1v) is 9.33. The Morgan fingerprint density at radius 2 is 1.34 bits per heavy atom. The third kappa shape index (κ3) is 4.21. The molecule has 1 aliphatic rings. The molecule has 0 spiro atoms. The lowest BCUT2D eigenvalue weighted by molar-refractivity contribution is -0.0685. The Balaban J connectivity index is 2.27. The van der Waals surface area contributed by atoms with Crippen LogP contribution in [-0.2, 0) is 9.31 Å². The maximum Gasteiger partial charge on any atom is 0.496 e. The Kier molecular flexibility index (Phi) is 5.58. The van der Waals surface area contributed by atoms with E-state index in [0.717, 1.165) is 0 Å². The highest BCUT2D eigenvalue weighted by molar-refractivity contribution is 6.71. The normalized spacial score (nSPS) is 19.1. The average Bonchev–Trinajstić information content (AvgIpc) is 2.86. The summed E-state index contributed by atoms with van der Waals surface area (Å²) < 4.78 is 60.2. The molecule has 0 amide bonds. The monoisotopic (exact) mass is 404 g/mol. The summed E-state index contributed by atoms with van der Waals surface area (Å²) in [6, 6.07) is 14.2. The van der Waals surface area contributed by atoms with E-state index in [1.54, 1.807) is 42.5 Å². The molecular formula is C22H24BF3O3. The lowest BCUT2D eigenvalue weighted by Crippen LogP contribution is -2.41. The van der Waals surface area contributed by atoms with Crippen LogP contribution in [0.15, 0.2) is 54.6 Å². The van der Waals surface area contributed by atoms with E-state index in [9.17, 15) is 13.2 Å². The number of methoxy groups -OCH3 is 1. The van der Waals surface area contributed by atoms with Crippen molar-refractivity contribution in [1.82, 2.24) is 0 Å². The van der Waals surface area contributed by atoms with Gasteiger partial charge in [-0.05, 0) is 51.0 Å². The molecule has 0 unspecified atom stereocenters. The van der Waals surface area contributed by atoms with Gasteiger partial charge in [0.05, 0.1) is 23.9 Å². The molecule has 3 rings (SSSR count). The minimum atomic E-state index is -4.61. The van der Waals surface area contributed by atoms with Crippen LogP contribution in [-0.4, -0.2) is 31.6 Å². The Labute approximate surface area is 169 Å². The summed E-state index contributed by atoms with van der Waals surface area (Å²) in [6.45, 7) is 7.26. The van der Waals surface area contributed by atoms with E-state index in [1.807, 2.05) is 27.7 Å². The Morgan fingerprint density at radius 3 is 1.79 bits per heavy atom. The number of allylic oxidation sites excluding steroid dienone is 1. The van der Waals surface area contributed by atoms with Crippen molar-refractivity contribution >= 4 is 18.2 Å². The van der Waals surface area contributed by atoms with Gasteiger partial charge in [-0.3, -0.25) is 0 Å². The molecule has 0 N–H and O–H groups in total. The zero-order valence-corrected chi connectivity index (χ0v) is 17.1. The second kappa shape index (κ2) is 7.54. The van der Waals surface area contributed by atoms with Gasteiger partial charge < -0.3 is 14.0 Å². The summed E-state index contributed by atoms with van der Waals surface area (Å²) in [5.74, 6) is 0.551. The number of rotatable bonds is 4. The standard InChI is InChI=1S/C22H24BF3O3/c1-20(2)21(3,4)29-23(28-20)19(16-11-13-17(27-5)14-12-16)18(22(24,25)26)15-9-7-6-8-10-15/h6-14H,1-5H3/b19-18-. The fourth-order valence-electron chi connectivity index (χ4n) is 3.21. The van der Waals surface area contributed by atoms with Gasteiger partial charge in [-0.2, -0.15) is 13.2 Å². The minimum absolute atomic E-state index is 0.0509. The first-order chi connectivity index (χ1) is 13.5. The topological polar surface area (TPSA) is 27.7 Å². The first kappa shape index (κ1) is 21.5. The van der Waals surface area contributed by atoms with Crippen molar-refractivity contribution in [1.29, 1.82) is 0 Å². The molecule has 3 nitrogen and oxygen atoms in total. The maximum atomic E-state index is 14.3. The Morgan fingerprint density at radius 1 is 0.828 bits per heavy atom. The SMILES string of the molecule is COc1ccc(/C(B2OC(C)(C)C(C)(C)O2)=C(\c2ccccc2)C(F)(F)F)cc1. The molecule has 0 aromatic heterocycles. The van der Waals surface area contributed by atoms with Crippen molar-refractivity contribution in [3.63, 3.8) is 0 Å². The largest absolute Gasteiger partial charge is 0.497 e. The third-order valence-corrected chi connectivity index (χ3v) is 5.51. The molecule has 1 saturated heterocycles. The fourth-order valence-corrected chi connectivity index (χ4v) is 3.21. The van der Waals surface area contributed by atoms with Crippen molar-refractivity contribution in [3.05, 3.63) is 65.7 Å². The van der Waals surface area contributed by atoms with Gasteiger partial charge in [0.1, 0.15) is 5.75 Å². The van der Waals surface area contributed by atoms with E-state index in [-0.39, 0.29) is 11.0 Å². The van der Waals surface area contributed by atoms with Crippen LogP contribution in [0.2, 0.25) is 0 Å². The highest BCUT2D eigenvalue weighted by atomic mass is 19.4. The molecule has 0 saturated carbocycles. The molecule has 0 atom stereocenters. The summed E-state index contributed by atoms with van der Waals surface area (Å²) in [5, 5.41) is 0. The molecule has 2 aromatic rings. The highest BCUT2D eigenvalue weighted by Gasteiger charge is 2.54. The lowest BCUT2D eigenvalue weighted by atomic mass is 9.70. The second-order valence-electron chi connectivity index (χ2n) is 7.97. The molecule has 0 aliphatic carbocycles. The quantitative estimate of drug-likeness (QED) is 0.476. The fraction of sp³-hybridized carbons (Fsp3) is 0.364. The summed E-state index contributed by atoms with van der Waals surface area (Å²) >= 11 is 0. The van der Waals surface area contributed by atoms with Crippen LogP contribution in [0.5, 0.6) is 5.75 Å². The molecule has 1 fully saturated rings. The predicted molar refractivity (Wildman–Crippen MR) is 108 cm³/mol. The first-order valence-electron chi connectivity index (χ1n) is 9.33. The van der Waals surface area contributed by atoms with Crippen molar-refractivity contribution in [2.24, 2.45) is 0 Å². The molecule has 29 heavy (non-hydrogen) atoms. The van der Waals surface area contributed by atoms with Gasteiger partial charge in [-0.1, -0.05) is 42.5 Å². The van der Waals surface area contributed by atoms with Crippen molar-refractivity contribution < 1.29 is 27.2 Å². The molecule has 7 heteroatoms. The van der Waals surface area contributed by atoms with Crippen LogP contribution in [0, 0.1) is 0 Å². The van der Waals surface area contributed by atoms with Crippen LogP contribution >= 0.6 is 0 Å². The van der Waals surface area contributed by atoms with E-state index in [1.165, 1.54) is 19.2 Å². The molecule has 1 heterocycles. The van der Waals surface area contributed by atoms with E-state index in [4.69, 9.17) is 14.0 Å². The summed E-state index contributed by atoms with van der Waals surface area (Å²) in [7, 11) is 0.329. The van der Waals surface area contributed by atoms with Crippen LogP contribution in [0.3, 0.4) is 0 Å². The number of benzene rings is 2. The molecule has 0 bridgehead atoms. The zero-order chi connectivity index (χ0) is 21.4. The highest BCUT2D eigenvalue weighted by Crippen LogP contribution is 2.46. The lowest BCUT2D eigenvalue weighted by Gasteiger charge is -2.32.